The van der Waals surface area contributed by atoms with Gasteiger partial charge in [-0.15, -0.1) is 0 Å². The lowest BCUT2D eigenvalue weighted by atomic mass is 10.0. The predicted molar refractivity (Wildman–Crippen MR) is 135 cm³/mol. The van der Waals surface area contributed by atoms with Gasteiger partial charge in [0.1, 0.15) is 18.4 Å². The molecular weight excluding hydrogens is 462 g/mol. The molecule has 0 bridgehead atoms. The van der Waals surface area contributed by atoms with Gasteiger partial charge >= 0.3 is 0 Å². The van der Waals surface area contributed by atoms with Crippen molar-refractivity contribution in [2.24, 2.45) is 0 Å². The molecule has 182 valence electrons. The number of amides is 1. The lowest BCUT2D eigenvalue weighted by Gasteiger charge is -2.14. The van der Waals surface area contributed by atoms with Gasteiger partial charge < -0.3 is 19.5 Å². The molecule has 3 aromatic carbocycles. The van der Waals surface area contributed by atoms with Crippen LogP contribution in [0, 0.1) is 0 Å². The van der Waals surface area contributed by atoms with Crippen molar-refractivity contribution in [3.05, 3.63) is 77.3 Å². The fourth-order valence-corrected chi connectivity index (χ4v) is 4.12. The molecule has 5 aromatic rings. The van der Waals surface area contributed by atoms with Crippen LogP contribution in [0.2, 0.25) is 0 Å². The number of methoxy groups -OCH3 is 3. The minimum Gasteiger partial charge on any atom is -0.493 e. The van der Waals surface area contributed by atoms with Gasteiger partial charge in [0, 0.05) is 23.4 Å². The molecular formula is C26H23N5O5. The highest BCUT2D eigenvalue weighted by molar-refractivity contribution is 5.96. The van der Waals surface area contributed by atoms with Crippen LogP contribution in [0.15, 0.2) is 71.8 Å². The molecule has 0 saturated carbocycles. The largest absolute Gasteiger partial charge is 0.493 e. The fourth-order valence-electron chi connectivity index (χ4n) is 4.12. The standard InChI is InChI=1S/C26H23N5O5/c1-34-22-11-17(12-23(35-2)25(22)36-3)28-24(32)14-30-26(33)21-13-20(29-31(21)15-27-30)19-10-6-8-16-7-4-5-9-18(16)19/h4-13,15H,14H2,1-3H3,(H,28,32). The van der Waals surface area contributed by atoms with Crippen molar-refractivity contribution in [2.45, 2.75) is 6.54 Å². The van der Waals surface area contributed by atoms with Crippen molar-refractivity contribution < 1.29 is 19.0 Å². The van der Waals surface area contributed by atoms with Gasteiger partial charge in [0.05, 0.1) is 27.0 Å². The molecule has 0 aliphatic rings. The number of hydrogen-bond acceptors (Lipinski definition) is 7. The maximum absolute atomic E-state index is 13.1. The molecule has 0 unspecified atom stereocenters. The molecule has 0 atom stereocenters. The van der Waals surface area contributed by atoms with Crippen LogP contribution in [-0.2, 0) is 11.3 Å². The molecule has 0 radical (unpaired) electrons. The van der Waals surface area contributed by atoms with Gasteiger partial charge in [0.15, 0.2) is 11.5 Å². The van der Waals surface area contributed by atoms with Crippen LogP contribution < -0.4 is 25.1 Å². The van der Waals surface area contributed by atoms with E-state index in [1.807, 2.05) is 42.5 Å². The van der Waals surface area contributed by atoms with E-state index in [0.717, 1.165) is 21.0 Å². The lowest BCUT2D eigenvalue weighted by molar-refractivity contribution is -0.117. The molecule has 2 heterocycles. The number of hydrogen-bond donors (Lipinski definition) is 1. The molecule has 0 aliphatic carbocycles. The van der Waals surface area contributed by atoms with E-state index in [1.165, 1.54) is 32.2 Å². The van der Waals surface area contributed by atoms with E-state index in [2.05, 4.69) is 15.5 Å². The molecule has 5 rings (SSSR count). The first kappa shape index (κ1) is 22.9. The molecule has 1 N–H and O–H groups in total. The summed E-state index contributed by atoms with van der Waals surface area (Å²) in [4.78, 5) is 25.9. The second kappa shape index (κ2) is 9.41. The summed E-state index contributed by atoms with van der Waals surface area (Å²) in [6, 6.07) is 18.8. The summed E-state index contributed by atoms with van der Waals surface area (Å²) >= 11 is 0. The van der Waals surface area contributed by atoms with E-state index in [9.17, 15) is 9.59 Å². The van der Waals surface area contributed by atoms with Crippen LogP contribution in [0.3, 0.4) is 0 Å². The van der Waals surface area contributed by atoms with Gasteiger partial charge in [-0.05, 0) is 16.8 Å². The Labute approximate surface area is 205 Å². The Hall–Kier alpha value is -4.86. The summed E-state index contributed by atoms with van der Waals surface area (Å²) in [5.74, 6) is 0.745. The van der Waals surface area contributed by atoms with Crippen LogP contribution in [0.25, 0.3) is 27.5 Å². The third-order valence-electron chi connectivity index (χ3n) is 5.80. The van der Waals surface area contributed by atoms with Crippen molar-refractivity contribution >= 4 is 27.9 Å². The zero-order valence-electron chi connectivity index (χ0n) is 19.9. The molecule has 0 fully saturated rings. The van der Waals surface area contributed by atoms with E-state index in [4.69, 9.17) is 14.2 Å². The van der Waals surface area contributed by atoms with E-state index in [-0.39, 0.29) is 6.54 Å². The minimum atomic E-state index is -0.447. The monoisotopic (exact) mass is 485 g/mol. The van der Waals surface area contributed by atoms with Gasteiger partial charge in [-0.25, -0.2) is 9.20 Å². The fraction of sp³-hybridized carbons (Fsp3) is 0.154. The average molecular weight is 486 g/mol. The Bertz CT molecular complexity index is 1630. The third-order valence-corrected chi connectivity index (χ3v) is 5.80. The highest BCUT2D eigenvalue weighted by Gasteiger charge is 2.17. The van der Waals surface area contributed by atoms with Gasteiger partial charge in [-0.1, -0.05) is 42.5 Å². The van der Waals surface area contributed by atoms with E-state index >= 15 is 0 Å². The first-order chi connectivity index (χ1) is 17.5. The van der Waals surface area contributed by atoms with Crippen molar-refractivity contribution in [3.63, 3.8) is 0 Å². The van der Waals surface area contributed by atoms with E-state index in [0.29, 0.717) is 34.1 Å². The van der Waals surface area contributed by atoms with E-state index in [1.54, 1.807) is 18.2 Å². The van der Waals surface area contributed by atoms with E-state index < -0.39 is 11.5 Å². The van der Waals surface area contributed by atoms with Crippen LogP contribution in [0.4, 0.5) is 5.69 Å². The molecule has 1 amide bonds. The van der Waals surface area contributed by atoms with Crippen molar-refractivity contribution in [1.29, 1.82) is 0 Å². The quantitative estimate of drug-likeness (QED) is 0.376. The number of anilines is 1. The zero-order valence-corrected chi connectivity index (χ0v) is 19.9. The van der Waals surface area contributed by atoms with Crippen molar-refractivity contribution in [3.8, 4) is 28.5 Å². The lowest BCUT2D eigenvalue weighted by Crippen LogP contribution is -2.30. The highest BCUT2D eigenvalue weighted by atomic mass is 16.5. The molecule has 0 spiro atoms. The smallest absolute Gasteiger partial charge is 0.293 e. The minimum absolute atomic E-state index is 0.291. The number of carbonyl (C=O) groups excluding carboxylic acids is 1. The summed E-state index contributed by atoms with van der Waals surface area (Å²) in [6.45, 7) is -0.291. The van der Waals surface area contributed by atoms with Gasteiger partial charge in [-0.3, -0.25) is 9.59 Å². The number of fused-ring (bicyclic) bond motifs is 2. The maximum atomic E-state index is 13.1. The number of carbonyl (C=O) groups is 1. The first-order valence-electron chi connectivity index (χ1n) is 11.1. The molecule has 0 aliphatic heterocycles. The molecule has 10 nitrogen and oxygen atoms in total. The van der Waals surface area contributed by atoms with Gasteiger partial charge in [0.25, 0.3) is 5.56 Å². The molecule has 2 aromatic heterocycles. The second-order valence-electron chi connectivity index (χ2n) is 7.94. The summed E-state index contributed by atoms with van der Waals surface area (Å²) in [7, 11) is 4.47. The van der Waals surface area contributed by atoms with Crippen LogP contribution in [0.5, 0.6) is 17.2 Å². The summed E-state index contributed by atoms with van der Waals surface area (Å²) in [5, 5.41) is 13.5. The Morgan fingerprint density at radius 3 is 2.39 bits per heavy atom. The normalized spacial score (nSPS) is 11.0. The first-order valence-corrected chi connectivity index (χ1v) is 11.1. The number of benzene rings is 3. The Balaban J connectivity index is 1.43. The Morgan fingerprint density at radius 1 is 0.944 bits per heavy atom. The number of aromatic nitrogens is 4. The number of ether oxygens (including phenoxy) is 3. The Morgan fingerprint density at radius 2 is 1.67 bits per heavy atom. The molecule has 0 saturated heterocycles. The number of nitrogens with one attached hydrogen (secondary N) is 1. The SMILES string of the molecule is COc1cc(NC(=O)Cn2ncn3nc(-c4cccc5ccccc45)cc3c2=O)cc(OC)c1OC. The zero-order chi connectivity index (χ0) is 25.2. The number of nitrogens with zero attached hydrogens (tertiary/aromatic N) is 4. The summed E-state index contributed by atoms with van der Waals surface area (Å²) in [5.41, 5.74) is 1.85. The molecule has 36 heavy (non-hydrogen) atoms. The summed E-state index contributed by atoms with van der Waals surface area (Å²) in [6.07, 6.45) is 1.41. The van der Waals surface area contributed by atoms with Crippen LogP contribution >= 0.6 is 0 Å². The van der Waals surface area contributed by atoms with Crippen LogP contribution in [-0.4, -0.2) is 46.6 Å². The predicted octanol–water partition coefficient (Wildman–Crippen LogP) is 3.38. The topological polar surface area (TPSA) is 109 Å². The maximum Gasteiger partial charge on any atom is 0.293 e. The van der Waals surface area contributed by atoms with Gasteiger partial charge in [0.2, 0.25) is 11.7 Å². The van der Waals surface area contributed by atoms with Gasteiger partial charge in [-0.2, -0.15) is 10.2 Å². The number of rotatable bonds is 7. The van der Waals surface area contributed by atoms with Crippen molar-refractivity contribution in [2.75, 3.05) is 26.6 Å². The van der Waals surface area contributed by atoms with Crippen molar-refractivity contribution in [1.82, 2.24) is 19.4 Å². The van der Waals surface area contributed by atoms with Crippen LogP contribution in [0.1, 0.15) is 0 Å². The summed E-state index contributed by atoms with van der Waals surface area (Å²) < 4.78 is 18.5. The third kappa shape index (κ3) is 4.09. The molecule has 10 heteroatoms. The highest BCUT2D eigenvalue weighted by Crippen LogP contribution is 2.39. The second-order valence-corrected chi connectivity index (χ2v) is 7.94. The Kier molecular flexibility index (Phi) is 5.99. The average Bonchev–Trinajstić information content (AvgIpc) is 3.34.